The van der Waals surface area contributed by atoms with Gasteiger partial charge in [-0.05, 0) is 49.7 Å². The van der Waals surface area contributed by atoms with Crippen molar-refractivity contribution in [3.05, 3.63) is 77.2 Å². The number of rotatable bonds is 6. The predicted molar refractivity (Wildman–Crippen MR) is 90.0 cm³/mol. The number of carbonyl (C=O) groups excluding carboxylic acids is 1. The van der Waals surface area contributed by atoms with Crippen LogP contribution < -0.4 is 4.74 Å². The summed E-state index contributed by atoms with van der Waals surface area (Å²) in [5.41, 5.74) is 1.16. The Balaban J connectivity index is 1.62. The molecule has 6 nitrogen and oxygen atoms in total. The van der Waals surface area contributed by atoms with Gasteiger partial charge in [-0.25, -0.2) is 9.18 Å². The van der Waals surface area contributed by atoms with Crippen LogP contribution in [0.1, 0.15) is 40.7 Å². The summed E-state index contributed by atoms with van der Waals surface area (Å²) in [4.78, 5) is 16.3. The molecule has 1 atom stereocenters. The van der Waals surface area contributed by atoms with Crippen molar-refractivity contribution in [2.75, 3.05) is 0 Å². The second-order valence-corrected chi connectivity index (χ2v) is 5.67. The molecule has 0 N–H and O–H groups in total. The summed E-state index contributed by atoms with van der Waals surface area (Å²) in [6, 6.07) is 12.6. The Morgan fingerprint density at radius 1 is 1.23 bits per heavy atom. The van der Waals surface area contributed by atoms with Crippen LogP contribution in [-0.2, 0) is 11.3 Å². The molecule has 0 aliphatic rings. The lowest BCUT2D eigenvalue weighted by molar-refractivity contribution is 0.0265. The van der Waals surface area contributed by atoms with E-state index in [2.05, 4.69) is 10.1 Å². The number of aryl methyl sites for hydroxylation is 1. The highest BCUT2D eigenvalue weighted by Gasteiger charge is 2.19. The van der Waals surface area contributed by atoms with E-state index in [-0.39, 0.29) is 18.3 Å². The number of carbonyl (C=O) groups is 1. The van der Waals surface area contributed by atoms with Crippen molar-refractivity contribution in [1.29, 1.82) is 0 Å². The normalized spacial score (nSPS) is 11.8. The van der Waals surface area contributed by atoms with Gasteiger partial charge in [0, 0.05) is 0 Å². The molecule has 1 aromatic heterocycles. The van der Waals surface area contributed by atoms with E-state index in [0.29, 0.717) is 17.1 Å². The van der Waals surface area contributed by atoms with Crippen LogP contribution in [-0.4, -0.2) is 16.1 Å². The Kier molecular flexibility index (Phi) is 5.26. The van der Waals surface area contributed by atoms with E-state index in [4.69, 9.17) is 14.0 Å². The summed E-state index contributed by atoms with van der Waals surface area (Å²) in [6.45, 7) is 3.60. The summed E-state index contributed by atoms with van der Waals surface area (Å²) in [5.74, 6) is 0.383. The molecule has 0 spiro atoms. The molecular formula is C19H17FN2O4. The number of hydrogen-bond acceptors (Lipinski definition) is 6. The van der Waals surface area contributed by atoms with Gasteiger partial charge in [-0.1, -0.05) is 23.4 Å². The average Bonchev–Trinajstić information content (AvgIpc) is 3.08. The van der Waals surface area contributed by atoms with Gasteiger partial charge in [-0.2, -0.15) is 4.98 Å². The maximum atomic E-state index is 12.9. The van der Waals surface area contributed by atoms with Crippen molar-refractivity contribution in [2.24, 2.45) is 0 Å². The molecule has 0 amide bonds. The van der Waals surface area contributed by atoms with Crippen LogP contribution in [0.4, 0.5) is 4.39 Å². The van der Waals surface area contributed by atoms with E-state index in [9.17, 15) is 9.18 Å². The number of hydrogen-bond donors (Lipinski definition) is 0. The fraction of sp³-hybridized carbons (Fsp3) is 0.211. The molecule has 134 valence electrons. The van der Waals surface area contributed by atoms with Crippen molar-refractivity contribution in [2.45, 2.75) is 26.6 Å². The summed E-state index contributed by atoms with van der Waals surface area (Å²) >= 11 is 0. The minimum absolute atomic E-state index is 0.236. The van der Waals surface area contributed by atoms with Gasteiger partial charge in [0.25, 0.3) is 5.89 Å². The monoisotopic (exact) mass is 356 g/mol. The molecule has 0 saturated carbocycles. The third kappa shape index (κ3) is 4.44. The first-order chi connectivity index (χ1) is 12.5. The molecule has 7 heteroatoms. The first kappa shape index (κ1) is 17.6. The number of nitrogens with zero attached hydrogens (tertiary/aromatic N) is 2. The lowest BCUT2D eigenvalue weighted by Crippen LogP contribution is -2.10. The summed E-state index contributed by atoms with van der Waals surface area (Å²) in [6.07, 6.45) is -0.660. The molecule has 1 unspecified atom stereocenters. The molecule has 3 aromatic rings. The van der Waals surface area contributed by atoms with E-state index < -0.39 is 12.1 Å². The first-order valence-electron chi connectivity index (χ1n) is 8.00. The van der Waals surface area contributed by atoms with Gasteiger partial charge < -0.3 is 14.0 Å². The maximum Gasteiger partial charge on any atom is 0.339 e. The standard InChI is InChI=1S/C19H17FN2O4/c1-12(18-21-13(2)22-26-18)25-19(23)15-4-3-5-17(10-15)24-11-14-6-8-16(20)9-7-14/h3-10,12H,11H2,1-2H3. The van der Waals surface area contributed by atoms with Crippen LogP contribution in [0.15, 0.2) is 53.1 Å². The van der Waals surface area contributed by atoms with Gasteiger partial charge >= 0.3 is 5.97 Å². The average molecular weight is 356 g/mol. The molecule has 3 rings (SSSR count). The lowest BCUT2D eigenvalue weighted by Gasteiger charge is -2.11. The quantitative estimate of drug-likeness (QED) is 0.621. The van der Waals surface area contributed by atoms with Crippen molar-refractivity contribution in [1.82, 2.24) is 10.1 Å². The minimum atomic E-state index is -0.660. The highest BCUT2D eigenvalue weighted by atomic mass is 19.1. The predicted octanol–water partition coefficient (Wildman–Crippen LogP) is 4.01. The molecule has 26 heavy (non-hydrogen) atoms. The highest BCUT2D eigenvalue weighted by molar-refractivity contribution is 5.89. The minimum Gasteiger partial charge on any atom is -0.489 e. The number of esters is 1. The topological polar surface area (TPSA) is 74.5 Å². The Bertz CT molecular complexity index is 893. The SMILES string of the molecule is Cc1noc(C(C)OC(=O)c2cccc(OCc3ccc(F)cc3)c2)n1. The number of benzene rings is 2. The fourth-order valence-electron chi connectivity index (χ4n) is 2.22. The van der Waals surface area contributed by atoms with Crippen molar-refractivity contribution >= 4 is 5.97 Å². The number of ether oxygens (including phenoxy) is 2. The van der Waals surface area contributed by atoms with Crippen LogP contribution >= 0.6 is 0 Å². The maximum absolute atomic E-state index is 12.9. The van der Waals surface area contributed by atoms with Gasteiger partial charge in [0.15, 0.2) is 11.9 Å². The van der Waals surface area contributed by atoms with Crippen LogP contribution in [0.3, 0.4) is 0 Å². The Hall–Kier alpha value is -3.22. The molecular weight excluding hydrogens is 339 g/mol. The third-order valence-electron chi connectivity index (χ3n) is 3.56. The molecule has 0 aliphatic carbocycles. The zero-order chi connectivity index (χ0) is 18.5. The zero-order valence-corrected chi connectivity index (χ0v) is 14.3. The van der Waals surface area contributed by atoms with E-state index >= 15 is 0 Å². The summed E-state index contributed by atoms with van der Waals surface area (Å²) in [7, 11) is 0. The van der Waals surface area contributed by atoms with E-state index in [1.165, 1.54) is 12.1 Å². The van der Waals surface area contributed by atoms with Crippen LogP contribution in [0.2, 0.25) is 0 Å². The molecule has 2 aromatic carbocycles. The van der Waals surface area contributed by atoms with Crippen molar-refractivity contribution in [3.8, 4) is 5.75 Å². The Labute approximate surface area is 149 Å². The first-order valence-corrected chi connectivity index (χ1v) is 8.00. The van der Waals surface area contributed by atoms with Crippen molar-refractivity contribution in [3.63, 3.8) is 0 Å². The molecule has 0 fully saturated rings. The largest absolute Gasteiger partial charge is 0.489 e. The molecule has 0 aliphatic heterocycles. The van der Waals surface area contributed by atoms with Crippen LogP contribution in [0.5, 0.6) is 5.75 Å². The zero-order valence-electron chi connectivity index (χ0n) is 14.3. The second kappa shape index (κ2) is 7.77. The summed E-state index contributed by atoms with van der Waals surface area (Å²) < 4.78 is 28.9. The van der Waals surface area contributed by atoms with E-state index in [1.54, 1.807) is 50.2 Å². The smallest absolute Gasteiger partial charge is 0.339 e. The molecule has 0 bridgehead atoms. The Morgan fingerprint density at radius 2 is 2.00 bits per heavy atom. The van der Waals surface area contributed by atoms with E-state index in [0.717, 1.165) is 5.56 Å². The lowest BCUT2D eigenvalue weighted by atomic mass is 10.2. The summed E-state index contributed by atoms with van der Waals surface area (Å²) in [5, 5.41) is 3.67. The Morgan fingerprint density at radius 3 is 2.69 bits per heavy atom. The van der Waals surface area contributed by atoms with Crippen LogP contribution in [0.25, 0.3) is 0 Å². The third-order valence-corrected chi connectivity index (χ3v) is 3.56. The van der Waals surface area contributed by atoms with Crippen LogP contribution in [0, 0.1) is 12.7 Å². The van der Waals surface area contributed by atoms with Gasteiger partial charge in [0.05, 0.1) is 5.56 Å². The van der Waals surface area contributed by atoms with Gasteiger partial charge in [-0.3, -0.25) is 0 Å². The number of halogens is 1. The molecule has 0 saturated heterocycles. The van der Waals surface area contributed by atoms with Crippen molar-refractivity contribution < 1.29 is 23.2 Å². The van der Waals surface area contributed by atoms with Gasteiger partial charge in [-0.15, -0.1) is 0 Å². The fourth-order valence-corrected chi connectivity index (χ4v) is 2.22. The van der Waals surface area contributed by atoms with Gasteiger partial charge in [0.2, 0.25) is 0 Å². The highest BCUT2D eigenvalue weighted by Crippen LogP contribution is 2.20. The van der Waals surface area contributed by atoms with Gasteiger partial charge in [0.1, 0.15) is 18.2 Å². The molecule has 1 heterocycles. The molecule has 0 radical (unpaired) electrons. The number of aromatic nitrogens is 2. The van der Waals surface area contributed by atoms with E-state index in [1.807, 2.05) is 0 Å². The second-order valence-electron chi connectivity index (χ2n) is 5.67.